The quantitative estimate of drug-likeness (QED) is 0.601. The summed E-state index contributed by atoms with van der Waals surface area (Å²) in [7, 11) is 0. The van der Waals surface area contributed by atoms with Gasteiger partial charge in [-0.15, -0.1) is 0 Å². The number of nitrogens with one attached hydrogen (secondary N) is 1. The molecule has 0 bridgehead atoms. The second-order valence-electron chi connectivity index (χ2n) is 4.29. The van der Waals surface area contributed by atoms with E-state index in [1.54, 1.807) is 18.2 Å². The molecule has 0 spiro atoms. The van der Waals surface area contributed by atoms with Crippen molar-refractivity contribution in [3.05, 3.63) is 67.9 Å². The van der Waals surface area contributed by atoms with Crippen LogP contribution in [0.2, 0.25) is 10.0 Å². The number of hydrogen-bond acceptors (Lipinski definition) is 2. The second kappa shape index (κ2) is 6.87. The van der Waals surface area contributed by atoms with Gasteiger partial charge in [0.25, 0.3) is 0 Å². The smallest absolute Gasteiger partial charge is 0.127 e. The number of benzene rings is 2. The largest absolute Gasteiger partial charge is 0.271 e. The lowest BCUT2D eigenvalue weighted by Crippen LogP contribution is -2.30. The summed E-state index contributed by atoms with van der Waals surface area (Å²) in [5, 5.41) is 0.924. The van der Waals surface area contributed by atoms with Crippen molar-refractivity contribution in [3.8, 4) is 0 Å². The summed E-state index contributed by atoms with van der Waals surface area (Å²) in [5.41, 5.74) is 3.86. The van der Waals surface area contributed by atoms with Crippen molar-refractivity contribution < 1.29 is 4.39 Å². The van der Waals surface area contributed by atoms with Gasteiger partial charge in [-0.25, -0.2) is 4.39 Å². The van der Waals surface area contributed by atoms with Crippen LogP contribution in [0.4, 0.5) is 4.39 Å². The predicted molar refractivity (Wildman–Crippen MR) is 84.3 cm³/mol. The molecule has 0 heterocycles. The van der Waals surface area contributed by atoms with Crippen LogP contribution in [-0.2, 0) is 6.42 Å². The van der Waals surface area contributed by atoms with E-state index in [0.29, 0.717) is 22.0 Å². The number of hydrogen-bond donors (Lipinski definition) is 2. The lowest BCUT2D eigenvalue weighted by Gasteiger charge is -2.19. The van der Waals surface area contributed by atoms with Crippen molar-refractivity contribution in [2.24, 2.45) is 5.84 Å². The summed E-state index contributed by atoms with van der Waals surface area (Å²) in [6.45, 7) is 0. The third kappa shape index (κ3) is 3.51. The summed E-state index contributed by atoms with van der Waals surface area (Å²) in [4.78, 5) is 0. The Balaban J connectivity index is 2.34. The average Bonchev–Trinajstić information content (AvgIpc) is 2.40. The minimum Gasteiger partial charge on any atom is -0.271 e. The van der Waals surface area contributed by atoms with Crippen molar-refractivity contribution in [2.75, 3.05) is 0 Å². The normalized spacial score (nSPS) is 12.4. The van der Waals surface area contributed by atoms with Gasteiger partial charge in [0.15, 0.2) is 0 Å². The first-order valence-corrected chi connectivity index (χ1v) is 7.41. The number of nitrogens with two attached hydrogens (primary N) is 1. The van der Waals surface area contributed by atoms with Crippen LogP contribution in [0.15, 0.2) is 40.9 Å². The van der Waals surface area contributed by atoms with Crippen LogP contribution in [0.5, 0.6) is 0 Å². The average molecular weight is 378 g/mol. The predicted octanol–water partition coefficient (Wildman–Crippen LogP) is 4.64. The molecule has 2 aromatic carbocycles. The van der Waals surface area contributed by atoms with E-state index in [4.69, 9.17) is 29.0 Å². The molecule has 106 valence electrons. The molecular formula is C14H12BrCl2FN2. The van der Waals surface area contributed by atoms with Crippen molar-refractivity contribution in [3.63, 3.8) is 0 Å². The molecule has 2 rings (SSSR count). The molecule has 0 aliphatic rings. The van der Waals surface area contributed by atoms with Crippen molar-refractivity contribution in [2.45, 2.75) is 12.5 Å². The van der Waals surface area contributed by atoms with E-state index in [1.807, 2.05) is 12.1 Å². The van der Waals surface area contributed by atoms with E-state index in [-0.39, 0.29) is 11.9 Å². The molecule has 0 saturated heterocycles. The topological polar surface area (TPSA) is 38.0 Å². The minimum absolute atomic E-state index is 0.309. The van der Waals surface area contributed by atoms with Crippen LogP contribution in [0.25, 0.3) is 0 Å². The van der Waals surface area contributed by atoms with Crippen molar-refractivity contribution in [1.82, 2.24) is 5.43 Å². The monoisotopic (exact) mass is 376 g/mol. The van der Waals surface area contributed by atoms with Gasteiger partial charge < -0.3 is 0 Å². The molecule has 0 aromatic heterocycles. The van der Waals surface area contributed by atoms with E-state index < -0.39 is 0 Å². The highest BCUT2D eigenvalue weighted by atomic mass is 79.9. The standard InChI is InChI=1S/C14H12BrCl2FN2/c15-8-4-5-9(12(17)6-8)14(20-19)7-10-11(16)2-1-3-13(10)18/h1-6,14,20H,7,19H2. The van der Waals surface area contributed by atoms with Gasteiger partial charge in [0.2, 0.25) is 0 Å². The molecule has 0 fully saturated rings. The Morgan fingerprint density at radius 1 is 1.20 bits per heavy atom. The highest BCUT2D eigenvalue weighted by Crippen LogP contribution is 2.30. The molecule has 2 nitrogen and oxygen atoms in total. The van der Waals surface area contributed by atoms with Crippen LogP contribution in [0.1, 0.15) is 17.2 Å². The number of halogens is 4. The Bertz CT molecular complexity index is 602. The summed E-state index contributed by atoms with van der Waals surface area (Å²) in [5.74, 6) is 5.22. The molecule has 2 aromatic rings. The lowest BCUT2D eigenvalue weighted by molar-refractivity contribution is 0.529. The van der Waals surface area contributed by atoms with E-state index in [2.05, 4.69) is 21.4 Å². The van der Waals surface area contributed by atoms with Crippen LogP contribution in [-0.4, -0.2) is 0 Å². The van der Waals surface area contributed by atoms with Crippen LogP contribution >= 0.6 is 39.1 Å². The van der Waals surface area contributed by atoms with Gasteiger partial charge in [-0.3, -0.25) is 11.3 Å². The molecule has 3 N–H and O–H groups in total. The van der Waals surface area contributed by atoms with Gasteiger partial charge in [0, 0.05) is 20.1 Å². The summed E-state index contributed by atoms with van der Waals surface area (Å²) in [6, 6.07) is 9.72. The Labute approximate surface area is 135 Å². The highest BCUT2D eigenvalue weighted by Gasteiger charge is 2.18. The maximum atomic E-state index is 13.8. The Morgan fingerprint density at radius 3 is 2.55 bits per heavy atom. The van der Waals surface area contributed by atoms with E-state index in [1.165, 1.54) is 6.07 Å². The fourth-order valence-electron chi connectivity index (χ4n) is 1.97. The Morgan fingerprint density at radius 2 is 1.95 bits per heavy atom. The van der Waals surface area contributed by atoms with E-state index in [0.717, 1.165) is 10.0 Å². The van der Waals surface area contributed by atoms with Crippen LogP contribution in [0.3, 0.4) is 0 Å². The second-order valence-corrected chi connectivity index (χ2v) is 6.02. The minimum atomic E-state index is -0.356. The van der Waals surface area contributed by atoms with Gasteiger partial charge in [0.05, 0.1) is 6.04 Å². The molecule has 0 amide bonds. The number of rotatable bonds is 4. The van der Waals surface area contributed by atoms with Gasteiger partial charge in [-0.1, -0.05) is 51.3 Å². The van der Waals surface area contributed by atoms with Crippen LogP contribution < -0.4 is 11.3 Å². The fourth-order valence-corrected chi connectivity index (χ4v) is 3.02. The van der Waals surface area contributed by atoms with Crippen molar-refractivity contribution in [1.29, 1.82) is 0 Å². The zero-order valence-corrected chi connectivity index (χ0v) is 13.4. The molecule has 0 saturated carbocycles. The Kier molecular flexibility index (Phi) is 5.41. The summed E-state index contributed by atoms with van der Waals surface area (Å²) < 4.78 is 14.7. The molecule has 0 radical (unpaired) electrons. The van der Waals surface area contributed by atoms with E-state index >= 15 is 0 Å². The molecule has 0 aliphatic carbocycles. The Hall–Kier alpha value is -0.650. The molecule has 6 heteroatoms. The zero-order valence-electron chi connectivity index (χ0n) is 10.3. The van der Waals surface area contributed by atoms with Gasteiger partial charge in [0.1, 0.15) is 5.82 Å². The van der Waals surface area contributed by atoms with Gasteiger partial charge >= 0.3 is 0 Å². The van der Waals surface area contributed by atoms with Gasteiger partial charge in [-0.2, -0.15) is 0 Å². The first-order valence-electron chi connectivity index (χ1n) is 5.87. The van der Waals surface area contributed by atoms with E-state index in [9.17, 15) is 4.39 Å². The SMILES string of the molecule is NNC(Cc1c(F)cccc1Cl)c1ccc(Br)cc1Cl. The number of hydrazine groups is 1. The maximum absolute atomic E-state index is 13.8. The third-order valence-electron chi connectivity index (χ3n) is 3.01. The lowest BCUT2D eigenvalue weighted by atomic mass is 9.99. The zero-order chi connectivity index (χ0) is 14.7. The van der Waals surface area contributed by atoms with Crippen LogP contribution in [0, 0.1) is 5.82 Å². The molecular weight excluding hydrogens is 366 g/mol. The maximum Gasteiger partial charge on any atom is 0.127 e. The molecule has 1 atom stereocenters. The van der Waals surface area contributed by atoms with Gasteiger partial charge in [-0.05, 0) is 36.2 Å². The molecule has 20 heavy (non-hydrogen) atoms. The summed E-state index contributed by atoms with van der Waals surface area (Å²) in [6.07, 6.45) is 0.309. The first kappa shape index (κ1) is 15.7. The van der Waals surface area contributed by atoms with Crippen molar-refractivity contribution >= 4 is 39.1 Å². The summed E-state index contributed by atoms with van der Waals surface area (Å²) >= 11 is 15.6. The first-order chi connectivity index (χ1) is 9.52. The third-order valence-corrected chi connectivity index (χ3v) is 4.18. The molecule has 1 unspecified atom stereocenters. The highest BCUT2D eigenvalue weighted by molar-refractivity contribution is 9.10. The molecule has 0 aliphatic heterocycles. The fraction of sp³-hybridized carbons (Fsp3) is 0.143.